The topological polar surface area (TPSA) is 80.4 Å². The molecule has 0 bridgehead atoms. The zero-order valence-corrected chi connectivity index (χ0v) is 9.80. The van der Waals surface area contributed by atoms with Crippen LogP contribution in [-0.2, 0) is 15.4 Å². The molecule has 0 fully saturated rings. The monoisotopic (exact) mass is 229 g/mol. The highest BCUT2D eigenvalue weighted by molar-refractivity contribution is 7.89. The van der Waals surface area contributed by atoms with Gasteiger partial charge >= 0.3 is 0 Å². The third kappa shape index (κ3) is 2.70. The van der Waals surface area contributed by atoms with E-state index in [0.717, 1.165) is 5.56 Å². The number of hydrogen-bond donors (Lipinski definition) is 2. The first kappa shape index (κ1) is 12.0. The highest BCUT2D eigenvalue weighted by Crippen LogP contribution is 2.29. The van der Waals surface area contributed by atoms with Crippen LogP contribution >= 0.6 is 0 Å². The van der Waals surface area contributed by atoms with Crippen LogP contribution in [0.25, 0.3) is 0 Å². The number of phenolic OH excluding ortho intramolecular Hbond substituents is 1. The molecule has 0 spiro atoms. The predicted molar refractivity (Wildman–Crippen MR) is 58.2 cm³/mol. The molecule has 0 aliphatic rings. The summed E-state index contributed by atoms with van der Waals surface area (Å²) in [6, 6.07) is 4.44. The van der Waals surface area contributed by atoms with Crippen molar-refractivity contribution in [2.75, 3.05) is 0 Å². The van der Waals surface area contributed by atoms with Gasteiger partial charge in [-0.15, -0.1) is 0 Å². The first-order valence-corrected chi connectivity index (χ1v) is 6.03. The van der Waals surface area contributed by atoms with Gasteiger partial charge in [0, 0.05) is 0 Å². The van der Waals surface area contributed by atoms with Gasteiger partial charge in [0.2, 0.25) is 10.0 Å². The Labute approximate surface area is 89.8 Å². The summed E-state index contributed by atoms with van der Waals surface area (Å²) in [7, 11) is -3.87. The molecular weight excluding hydrogens is 214 g/mol. The van der Waals surface area contributed by atoms with Crippen LogP contribution in [0.4, 0.5) is 0 Å². The van der Waals surface area contributed by atoms with E-state index in [1.165, 1.54) is 12.1 Å². The summed E-state index contributed by atoms with van der Waals surface area (Å²) in [5, 5.41) is 14.4. The average molecular weight is 229 g/mol. The molecule has 84 valence electrons. The average Bonchev–Trinajstić information content (AvgIpc) is 2.00. The van der Waals surface area contributed by atoms with Crippen LogP contribution in [-0.4, -0.2) is 13.5 Å². The Balaban J connectivity index is 3.43. The molecule has 0 unspecified atom stereocenters. The lowest BCUT2D eigenvalue weighted by molar-refractivity contribution is 0.457. The Morgan fingerprint density at radius 3 is 2.20 bits per heavy atom. The van der Waals surface area contributed by atoms with Crippen LogP contribution in [0.1, 0.15) is 26.3 Å². The summed E-state index contributed by atoms with van der Waals surface area (Å²) < 4.78 is 22.3. The molecule has 15 heavy (non-hydrogen) atoms. The molecule has 0 amide bonds. The van der Waals surface area contributed by atoms with Gasteiger partial charge in [-0.1, -0.05) is 26.8 Å². The summed E-state index contributed by atoms with van der Waals surface area (Å²) in [5.41, 5.74) is 0.622. The standard InChI is InChI=1S/C10H15NO3S/c1-10(2,3)7-4-5-8(12)9(6-7)15(11,13)14/h4-6,12H,1-3H3,(H2,11,13,14). The quantitative estimate of drug-likeness (QED) is 0.762. The largest absolute Gasteiger partial charge is 0.507 e. The van der Waals surface area contributed by atoms with Gasteiger partial charge in [0.05, 0.1) is 0 Å². The van der Waals surface area contributed by atoms with Gasteiger partial charge in [0.15, 0.2) is 0 Å². The van der Waals surface area contributed by atoms with Crippen LogP contribution in [0, 0.1) is 0 Å². The van der Waals surface area contributed by atoms with E-state index in [-0.39, 0.29) is 16.1 Å². The summed E-state index contributed by atoms with van der Waals surface area (Å²) >= 11 is 0. The Kier molecular flexibility index (Phi) is 2.80. The molecule has 0 atom stereocenters. The van der Waals surface area contributed by atoms with Gasteiger partial charge in [-0.05, 0) is 23.1 Å². The van der Waals surface area contributed by atoms with Gasteiger partial charge in [-0.3, -0.25) is 0 Å². The van der Waals surface area contributed by atoms with Gasteiger partial charge in [-0.25, -0.2) is 13.6 Å². The van der Waals surface area contributed by atoms with E-state index in [1.807, 2.05) is 20.8 Å². The van der Waals surface area contributed by atoms with E-state index in [4.69, 9.17) is 5.14 Å². The molecule has 4 nitrogen and oxygen atoms in total. The molecule has 1 aromatic rings. The molecule has 3 N–H and O–H groups in total. The lowest BCUT2D eigenvalue weighted by Gasteiger charge is -2.19. The van der Waals surface area contributed by atoms with Gasteiger partial charge in [-0.2, -0.15) is 0 Å². The summed E-state index contributed by atoms with van der Waals surface area (Å²) in [6.07, 6.45) is 0. The first-order valence-electron chi connectivity index (χ1n) is 4.48. The van der Waals surface area contributed by atoms with E-state index in [2.05, 4.69) is 0 Å². The van der Waals surface area contributed by atoms with Crippen LogP contribution in [0.3, 0.4) is 0 Å². The molecule has 0 saturated heterocycles. The fourth-order valence-corrected chi connectivity index (χ4v) is 1.86. The fourth-order valence-electron chi connectivity index (χ4n) is 1.21. The number of sulfonamides is 1. The molecular formula is C10H15NO3S. The maximum absolute atomic E-state index is 11.2. The van der Waals surface area contributed by atoms with Crippen molar-refractivity contribution in [2.24, 2.45) is 5.14 Å². The number of rotatable bonds is 1. The van der Waals surface area contributed by atoms with Crippen molar-refractivity contribution < 1.29 is 13.5 Å². The van der Waals surface area contributed by atoms with Crippen molar-refractivity contribution in [3.63, 3.8) is 0 Å². The molecule has 1 rings (SSSR count). The van der Waals surface area contributed by atoms with Crippen molar-refractivity contribution in [2.45, 2.75) is 31.1 Å². The van der Waals surface area contributed by atoms with Gasteiger partial charge < -0.3 is 5.11 Å². The molecule has 0 saturated carbocycles. The molecule has 0 aliphatic heterocycles. The van der Waals surface area contributed by atoms with E-state index < -0.39 is 10.0 Å². The van der Waals surface area contributed by atoms with E-state index in [9.17, 15) is 13.5 Å². The van der Waals surface area contributed by atoms with Crippen LogP contribution < -0.4 is 5.14 Å². The molecule has 5 heteroatoms. The molecule has 0 aromatic heterocycles. The second-order valence-electron chi connectivity index (χ2n) is 4.48. The Morgan fingerprint density at radius 2 is 1.80 bits per heavy atom. The number of benzene rings is 1. The van der Waals surface area contributed by atoms with Gasteiger partial charge in [0.1, 0.15) is 10.6 Å². The minimum Gasteiger partial charge on any atom is -0.507 e. The fraction of sp³-hybridized carbons (Fsp3) is 0.400. The minimum absolute atomic E-state index is 0.187. The maximum Gasteiger partial charge on any atom is 0.241 e. The molecule has 0 heterocycles. The molecule has 1 aromatic carbocycles. The highest BCUT2D eigenvalue weighted by atomic mass is 32.2. The minimum atomic E-state index is -3.87. The van der Waals surface area contributed by atoms with Crippen molar-refractivity contribution in [1.29, 1.82) is 0 Å². The molecule has 0 radical (unpaired) electrons. The second-order valence-corrected chi connectivity index (χ2v) is 6.01. The predicted octanol–water partition coefficient (Wildman–Crippen LogP) is 1.34. The van der Waals surface area contributed by atoms with Crippen molar-refractivity contribution in [3.05, 3.63) is 23.8 Å². The highest BCUT2D eigenvalue weighted by Gasteiger charge is 2.19. The number of hydrogen-bond acceptors (Lipinski definition) is 3. The van der Waals surface area contributed by atoms with E-state index >= 15 is 0 Å². The van der Waals surface area contributed by atoms with E-state index in [0.29, 0.717) is 0 Å². The number of primary sulfonamides is 1. The Morgan fingerprint density at radius 1 is 1.27 bits per heavy atom. The van der Waals surface area contributed by atoms with Crippen LogP contribution in [0.15, 0.2) is 23.1 Å². The zero-order valence-electron chi connectivity index (χ0n) is 8.98. The third-order valence-electron chi connectivity index (χ3n) is 2.13. The van der Waals surface area contributed by atoms with Crippen molar-refractivity contribution in [1.82, 2.24) is 0 Å². The second kappa shape index (κ2) is 3.50. The summed E-state index contributed by atoms with van der Waals surface area (Å²) in [5.74, 6) is -0.314. The SMILES string of the molecule is CC(C)(C)c1ccc(O)c(S(N)(=O)=O)c1. The number of aromatic hydroxyl groups is 1. The van der Waals surface area contributed by atoms with Gasteiger partial charge in [0.25, 0.3) is 0 Å². The lowest BCUT2D eigenvalue weighted by Crippen LogP contribution is -2.16. The lowest BCUT2D eigenvalue weighted by atomic mass is 9.87. The van der Waals surface area contributed by atoms with E-state index in [1.54, 1.807) is 6.07 Å². The van der Waals surface area contributed by atoms with Crippen molar-refractivity contribution >= 4 is 10.0 Å². The first-order chi connectivity index (χ1) is 6.62. The molecule has 0 aliphatic carbocycles. The summed E-state index contributed by atoms with van der Waals surface area (Å²) in [6.45, 7) is 5.85. The third-order valence-corrected chi connectivity index (χ3v) is 3.07. The number of phenols is 1. The number of nitrogens with two attached hydrogens (primary N) is 1. The van der Waals surface area contributed by atoms with Crippen LogP contribution in [0.2, 0.25) is 0 Å². The smallest absolute Gasteiger partial charge is 0.241 e. The summed E-state index contributed by atoms with van der Waals surface area (Å²) in [4.78, 5) is -0.227. The Hall–Kier alpha value is -1.07. The normalized spacial score (nSPS) is 12.8. The Bertz CT molecular complexity index is 472. The maximum atomic E-state index is 11.2. The van der Waals surface area contributed by atoms with Crippen LogP contribution in [0.5, 0.6) is 5.75 Å². The van der Waals surface area contributed by atoms with Crippen molar-refractivity contribution in [3.8, 4) is 5.75 Å². The zero-order chi connectivity index (χ0) is 11.9.